The molecule has 2 aromatic carbocycles. The number of rotatable bonds is 7. The van der Waals surface area contributed by atoms with Gasteiger partial charge in [0.05, 0.1) is 12.0 Å². The molecule has 31 heavy (non-hydrogen) atoms. The molecule has 2 aliphatic rings. The highest BCUT2D eigenvalue weighted by molar-refractivity contribution is 8.18. The van der Waals surface area contributed by atoms with Crippen LogP contribution in [0.2, 0.25) is 0 Å². The minimum atomic E-state index is -0.192. The van der Waals surface area contributed by atoms with E-state index in [1.807, 2.05) is 48.5 Å². The summed E-state index contributed by atoms with van der Waals surface area (Å²) in [5.41, 5.74) is 1.85. The minimum absolute atomic E-state index is 0.170. The molecule has 2 amide bonds. The van der Waals surface area contributed by atoms with Crippen LogP contribution in [0.3, 0.4) is 0 Å². The molecule has 1 heterocycles. The summed E-state index contributed by atoms with van der Waals surface area (Å²) in [5.74, 6) is 1.46. The van der Waals surface area contributed by atoms with Crippen LogP contribution in [0, 0.1) is 5.92 Å². The predicted molar refractivity (Wildman–Crippen MR) is 123 cm³/mol. The fourth-order valence-corrected chi connectivity index (χ4v) is 4.92. The first-order valence-corrected chi connectivity index (χ1v) is 11.6. The zero-order valence-electron chi connectivity index (χ0n) is 17.7. The van der Waals surface area contributed by atoms with Crippen molar-refractivity contribution in [2.45, 2.75) is 38.7 Å². The van der Waals surface area contributed by atoms with Gasteiger partial charge in [-0.3, -0.25) is 14.5 Å². The fourth-order valence-electron chi connectivity index (χ4n) is 4.07. The van der Waals surface area contributed by atoms with Gasteiger partial charge in [-0.05, 0) is 59.9 Å². The number of imide groups is 1. The number of benzene rings is 2. The van der Waals surface area contributed by atoms with Gasteiger partial charge < -0.3 is 9.47 Å². The molecule has 2 fully saturated rings. The summed E-state index contributed by atoms with van der Waals surface area (Å²) in [6.45, 7) is 0.953. The predicted octanol–water partition coefficient (Wildman–Crippen LogP) is 5.89. The van der Waals surface area contributed by atoms with Crippen molar-refractivity contribution in [1.29, 1.82) is 0 Å². The number of hydrogen-bond acceptors (Lipinski definition) is 5. The largest absolute Gasteiger partial charge is 0.493 e. The van der Waals surface area contributed by atoms with Gasteiger partial charge in [0.15, 0.2) is 11.5 Å². The van der Waals surface area contributed by atoms with Gasteiger partial charge in [-0.15, -0.1) is 0 Å². The van der Waals surface area contributed by atoms with Crippen LogP contribution in [0.15, 0.2) is 53.4 Å². The fraction of sp³-hybridized carbons (Fsp3) is 0.360. The summed E-state index contributed by atoms with van der Waals surface area (Å²) in [7, 11) is 1.60. The molecule has 0 spiro atoms. The third-order valence-electron chi connectivity index (χ3n) is 5.76. The lowest BCUT2D eigenvalue weighted by molar-refractivity contribution is -0.123. The van der Waals surface area contributed by atoms with Crippen molar-refractivity contribution in [3.63, 3.8) is 0 Å². The Morgan fingerprint density at radius 2 is 1.81 bits per heavy atom. The molecule has 2 aromatic rings. The number of carbonyl (C=O) groups is 2. The molecule has 1 saturated carbocycles. The first-order chi connectivity index (χ1) is 15.1. The molecule has 1 aliphatic heterocycles. The maximum absolute atomic E-state index is 12.9. The Kier molecular flexibility index (Phi) is 6.97. The van der Waals surface area contributed by atoms with Crippen LogP contribution in [-0.4, -0.2) is 29.7 Å². The third kappa shape index (κ3) is 5.31. The zero-order valence-corrected chi connectivity index (χ0v) is 18.5. The van der Waals surface area contributed by atoms with Gasteiger partial charge in [-0.1, -0.05) is 55.7 Å². The van der Waals surface area contributed by atoms with E-state index in [9.17, 15) is 9.59 Å². The summed E-state index contributed by atoms with van der Waals surface area (Å²) in [5, 5.41) is -0.170. The van der Waals surface area contributed by atoms with E-state index in [1.165, 1.54) is 24.2 Å². The molecule has 5 nitrogen and oxygen atoms in total. The Balaban J connectivity index is 1.48. The van der Waals surface area contributed by atoms with Gasteiger partial charge in [0.2, 0.25) is 0 Å². The van der Waals surface area contributed by atoms with Crippen molar-refractivity contribution >= 4 is 29.0 Å². The van der Waals surface area contributed by atoms with Crippen molar-refractivity contribution < 1.29 is 19.1 Å². The first-order valence-electron chi connectivity index (χ1n) is 10.7. The van der Waals surface area contributed by atoms with Crippen molar-refractivity contribution in [3.8, 4) is 11.5 Å². The quantitative estimate of drug-likeness (QED) is 0.506. The van der Waals surface area contributed by atoms with Crippen LogP contribution < -0.4 is 9.47 Å². The Labute approximate surface area is 187 Å². The van der Waals surface area contributed by atoms with E-state index in [2.05, 4.69) is 0 Å². The number of methoxy groups -OCH3 is 1. The van der Waals surface area contributed by atoms with Gasteiger partial charge in [-0.2, -0.15) is 0 Å². The van der Waals surface area contributed by atoms with Crippen LogP contribution in [0.1, 0.15) is 43.2 Å². The van der Waals surface area contributed by atoms with Gasteiger partial charge in [-0.25, -0.2) is 0 Å². The Bertz CT molecular complexity index is 967. The Hall–Kier alpha value is -2.73. The lowest BCUT2D eigenvalue weighted by Crippen LogP contribution is -2.34. The molecule has 1 aliphatic carbocycles. The van der Waals surface area contributed by atoms with E-state index in [0.717, 1.165) is 35.7 Å². The van der Waals surface area contributed by atoms with Crippen molar-refractivity contribution in [3.05, 3.63) is 64.6 Å². The molecule has 4 rings (SSSR count). The lowest BCUT2D eigenvalue weighted by atomic mass is 9.89. The number of ether oxygens (including phenoxy) is 2. The van der Waals surface area contributed by atoms with Crippen LogP contribution in [0.25, 0.3) is 6.08 Å². The second-order valence-electron chi connectivity index (χ2n) is 7.98. The number of amides is 2. The highest BCUT2D eigenvalue weighted by atomic mass is 32.2. The van der Waals surface area contributed by atoms with E-state index in [-0.39, 0.29) is 11.1 Å². The van der Waals surface area contributed by atoms with E-state index >= 15 is 0 Å². The standard InChI is InChI=1S/C25H27NO4S/c1-29-21-13-12-20(14-22(21)30-17-19-10-6-3-7-11-19)15-23-24(27)26(25(28)31-23)16-18-8-4-2-5-9-18/h3,6-7,10-15,18H,2,4-5,8-9,16-17H2,1H3/b23-15+. The van der Waals surface area contributed by atoms with E-state index in [0.29, 0.717) is 35.5 Å². The van der Waals surface area contributed by atoms with Crippen LogP contribution in [0.4, 0.5) is 4.79 Å². The summed E-state index contributed by atoms with van der Waals surface area (Å²) in [4.78, 5) is 27.2. The summed E-state index contributed by atoms with van der Waals surface area (Å²) in [6, 6.07) is 15.4. The second-order valence-corrected chi connectivity index (χ2v) is 8.97. The SMILES string of the molecule is COc1ccc(/C=C2/SC(=O)N(CC3CCCCC3)C2=O)cc1OCc1ccccc1. The molecule has 0 aromatic heterocycles. The minimum Gasteiger partial charge on any atom is -0.493 e. The highest BCUT2D eigenvalue weighted by Crippen LogP contribution is 2.36. The Morgan fingerprint density at radius 1 is 1.03 bits per heavy atom. The number of nitrogens with zero attached hydrogens (tertiary/aromatic N) is 1. The van der Waals surface area contributed by atoms with Crippen LogP contribution in [0.5, 0.6) is 11.5 Å². The molecular formula is C25H27NO4S. The maximum Gasteiger partial charge on any atom is 0.293 e. The summed E-state index contributed by atoms with van der Waals surface area (Å²) >= 11 is 1.02. The molecule has 0 atom stereocenters. The van der Waals surface area contributed by atoms with Gasteiger partial charge in [0.1, 0.15) is 6.61 Å². The molecule has 0 unspecified atom stereocenters. The molecule has 0 bridgehead atoms. The monoisotopic (exact) mass is 437 g/mol. The van der Waals surface area contributed by atoms with E-state index in [1.54, 1.807) is 13.2 Å². The second kappa shape index (κ2) is 10.1. The molecule has 0 N–H and O–H groups in total. The average molecular weight is 438 g/mol. The molecular weight excluding hydrogens is 410 g/mol. The Morgan fingerprint density at radius 3 is 2.55 bits per heavy atom. The first kappa shape index (κ1) is 21.5. The number of carbonyl (C=O) groups excluding carboxylic acids is 2. The average Bonchev–Trinajstić information content (AvgIpc) is 3.06. The molecule has 0 radical (unpaired) electrons. The normalized spacial score (nSPS) is 18.6. The van der Waals surface area contributed by atoms with E-state index < -0.39 is 0 Å². The smallest absolute Gasteiger partial charge is 0.293 e. The molecule has 1 saturated heterocycles. The van der Waals surface area contributed by atoms with Gasteiger partial charge in [0.25, 0.3) is 11.1 Å². The van der Waals surface area contributed by atoms with Crippen LogP contribution >= 0.6 is 11.8 Å². The topological polar surface area (TPSA) is 55.8 Å². The maximum atomic E-state index is 12.9. The van der Waals surface area contributed by atoms with Crippen molar-refractivity contribution in [1.82, 2.24) is 4.90 Å². The van der Waals surface area contributed by atoms with E-state index in [4.69, 9.17) is 9.47 Å². The van der Waals surface area contributed by atoms with Crippen molar-refractivity contribution in [2.24, 2.45) is 5.92 Å². The number of thioether (sulfide) groups is 1. The molecule has 6 heteroatoms. The summed E-state index contributed by atoms with van der Waals surface area (Å²) in [6.07, 6.45) is 7.59. The lowest BCUT2D eigenvalue weighted by Gasteiger charge is -2.25. The third-order valence-corrected chi connectivity index (χ3v) is 6.67. The zero-order chi connectivity index (χ0) is 21.6. The van der Waals surface area contributed by atoms with Crippen LogP contribution in [-0.2, 0) is 11.4 Å². The van der Waals surface area contributed by atoms with Gasteiger partial charge in [0, 0.05) is 6.54 Å². The molecule has 162 valence electrons. The van der Waals surface area contributed by atoms with Crippen molar-refractivity contribution in [2.75, 3.05) is 13.7 Å². The van der Waals surface area contributed by atoms with Gasteiger partial charge >= 0.3 is 0 Å². The number of hydrogen-bond donors (Lipinski definition) is 0. The highest BCUT2D eigenvalue weighted by Gasteiger charge is 2.36. The summed E-state index contributed by atoms with van der Waals surface area (Å²) < 4.78 is 11.4.